The van der Waals surface area contributed by atoms with Crippen LogP contribution in [-0.2, 0) is 9.47 Å². The SMILES string of the molecule is COCCN(CCOC)C(=O)c1csc(C(C)N)n1. The quantitative estimate of drug-likeness (QED) is 0.768. The minimum Gasteiger partial charge on any atom is -0.383 e. The van der Waals surface area contributed by atoms with Gasteiger partial charge in [0.05, 0.1) is 19.3 Å². The standard InChI is InChI=1S/C12H21N3O3S/c1-9(13)11-14-10(8-19-11)12(16)15(4-6-17-2)5-7-18-3/h8-9H,4-7,13H2,1-3H3. The Morgan fingerprint density at radius 3 is 2.42 bits per heavy atom. The van der Waals surface area contributed by atoms with Crippen molar-refractivity contribution in [2.24, 2.45) is 5.73 Å². The predicted octanol–water partition coefficient (Wildman–Crippen LogP) is 0.898. The first-order chi connectivity index (χ1) is 9.10. The van der Waals surface area contributed by atoms with Gasteiger partial charge in [0.1, 0.15) is 10.7 Å². The Kier molecular flexibility index (Phi) is 6.93. The molecule has 1 atom stereocenters. The van der Waals surface area contributed by atoms with E-state index in [1.54, 1.807) is 24.5 Å². The number of ether oxygens (including phenoxy) is 2. The highest BCUT2D eigenvalue weighted by atomic mass is 32.1. The lowest BCUT2D eigenvalue weighted by molar-refractivity contribution is 0.0622. The largest absolute Gasteiger partial charge is 0.383 e. The fraction of sp³-hybridized carbons (Fsp3) is 0.667. The normalized spacial score (nSPS) is 12.4. The number of thiazole rings is 1. The van der Waals surface area contributed by atoms with Crippen molar-refractivity contribution in [3.05, 3.63) is 16.1 Å². The first-order valence-electron chi connectivity index (χ1n) is 6.08. The van der Waals surface area contributed by atoms with Crippen molar-refractivity contribution in [1.29, 1.82) is 0 Å². The zero-order valence-corrected chi connectivity index (χ0v) is 12.4. The van der Waals surface area contributed by atoms with E-state index in [2.05, 4.69) is 4.98 Å². The Morgan fingerprint density at radius 2 is 2.00 bits per heavy atom. The molecule has 0 saturated heterocycles. The predicted molar refractivity (Wildman–Crippen MR) is 74.4 cm³/mol. The number of rotatable bonds is 8. The lowest BCUT2D eigenvalue weighted by Gasteiger charge is -2.20. The molecule has 1 rings (SSSR count). The van der Waals surface area contributed by atoms with Gasteiger partial charge in [-0.2, -0.15) is 0 Å². The van der Waals surface area contributed by atoms with Crippen LogP contribution >= 0.6 is 11.3 Å². The maximum atomic E-state index is 12.3. The van der Waals surface area contributed by atoms with Crippen molar-refractivity contribution in [2.45, 2.75) is 13.0 Å². The third kappa shape index (κ3) is 4.87. The second-order valence-corrected chi connectivity index (χ2v) is 5.03. The van der Waals surface area contributed by atoms with Crippen molar-refractivity contribution in [1.82, 2.24) is 9.88 Å². The zero-order chi connectivity index (χ0) is 14.3. The molecule has 19 heavy (non-hydrogen) atoms. The molecule has 1 amide bonds. The molecule has 0 aliphatic rings. The van der Waals surface area contributed by atoms with Crippen LogP contribution in [0.5, 0.6) is 0 Å². The first-order valence-corrected chi connectivity index (χ1v) is 6.96. The molecule has 108 valence electrons. The summed E-state index contributed by atoms with van der Waals surface area (Å²) in [5, 5.41) is 2.51. The lowest BCUT2D eigenvalue weighted by atomic mass is 10.3. The summed E-state index contributed by atoms with van der Waals surface area (Å²) >= 11 is 1.40. The highest BCUT2D eigenvalue weighted by Crippen LogP contribution is 2.17. The number of hydrogen-bond acceptors (Lipinski definition) is 6. The molecule has 6 nitrogen and oxygen atoms in total. The maximum Gasteiger partial charge on any atom is 0.273 e. The van der Waals surface area contributed by atoms with Gasteiger partial charge in [-0.1, -0.05) is 0 Å². The van der Waals surface area contributed by atoms with Gasteiger partial charge in [-0.05, 0) is 6.92 Å². The number of nitrogens with zero attached hydrogens (tertiary/aromatic N) is 2. The van der Waals surface area contributed by atoms with Crippen LogP contribution in [0.15, 0.2) is 5.38 Å². The van der Waals surface area contributed by atoms with Crippen LogP contribution in [0.1, 0.15) is 28.5 Å². The molecule has 0 radical (unpaired) electrons. The molecule has 1 heterocycles. The number of nitrogens with two attached hydrogens (primary N) is 1. The van der Waals surface area contributed by atoms with Crippen LogP contribution in [0.2, 0.25) is 0 Å². The van der Waals surface area contributed by atoms with E-state index in [1.165, 1.54) is 11.3 Å². The Balaban J connectivity index is 2.72. The molecule has 7 heteroatoms. The second kappa shape index (κ2) is 8.21. The molecule has 0 bridgehead atoms. The van der Waals surface area contributed by atoms with E-state index in [-0.39, 0.29) is 11.9 Å². The highest BCUT2D eigenvalue weighted by molar-refractivity contribution is 7.09. The van der Waals surface area contributed by atoms with Gasteiger partial charge in [0.15, 0.2) is 0 Å². The molecule has 0 saturated carbocycles. The summed E-state index contributed by atoms with van der Waals surface area (Å²) in [6, 6.07) is -0.155. The third-order valence-corrected chi connectivity index (χ3v) is 3.59. The van der Waals surface area contributed by atoms with Crippen LogP contribution in [0, 0.1) is 0 Å². The van der Waals surface area contributed by atoms with E-state index < -0.39 is 0 Å². The minimum atomic E-state index is -0.155. The van der Waals surface area contributed by atoms with E-state index >= 15 is 0 Å². The monoisotopic (exact) mass is 287 g/mol. The number of aromatic nitrogens is 1. The van der Waals surface area contributed by atoms with Crippen molar-refractivity contribution in [2.75, 3.05) is 40.5 Å². The molecule has 0 aliphatic carbocycles. The Hall–Kier alpha value is -1.02. The molecule has 2 N–H and O–H groups in total. The average Bonchev–Trinajstić information content (AvgIpc) is 2.88. The van der Waals surface area contributed by atoms with Gasteiger partial charge in [-0.3, -0.25) is 4.79 Å². The summed E-state index contributed by atoms with van der Waals surface area (Å²) in [6.07, 6.45) is 0. The van der Waals surface area contributed by atoms with E-state index in [9.17, 15) is 4.79 Å². The zero-order valence-electron chi connectivity index (χ0n) is 11.6. The van der Waals surface area contributed by atoms with Crippen LogP contribution < -0.4 is 5.73 Å². The fourth-order valence-electron chi connectivity index (χ4n) is 1.47. The lowest BCUT2D eigenvalue weighted by Crippen LogP contribution is -2.36. The summed E-state index contributed by atoms with van der Waals surface area (Å²) in [5.74, 6) is -0.114. The van der Waals surface area contributed by atoms with Crippen LogP contribution in [0.25, 0.3) is 0 Å². The molecule has 0 fully saturated rings. The van der Waals surface area contributed by atoms with Crippen LogP contribution in [0.4, 0.5) is 0 Å². The number of hydrogen-bond donors (Lipinski definition) is 1. The summed E-state index contributed by atoms with van der Waals surface area (Å²) in [4.78, 5) is 18.3. The van der Waals surface area contributed by atoms with Crippen LogP contribution in [0.3, 0.4) is 0 Å². The molecule has 0 aliphatic heterocycles. The molecule has 0 spiro atoms. The first kappa shape index (κ1) is 16.0. The Labute approximate surface area is 117 Å². The Bertz CT molecular complexity index is 387. The molecular formula is C12H21N3O3S. The van der Waals surface area contributed by atoms with Crippen LogP contribution in [-0.4, -0.2) is 56.3 Å². The molecular weight excluding hydrogens is 266 g/mol. The maximum absolute atomic E-state index is 12.3. The minimum absolute atomic E-state index is 0.114. The summed E-state index contributed by atoms with van der Waals surface area (Å²) < 4.78 is 10.0. The summed E-state index contributed by atoms with van der Waals surface area (Å²) in [7, 11) is 3.21. The molecule has 1 aromatic rings. The topological polar surface area (TPSA) is 77.7 Å². The van der Waals surface area contributed by atoms with Gasteiger partial charge in [-0.15, -0.1) is 11.3 Å². The van der Waals surface area contributed by atoms with Crippen molar-refractivity contribution >= 4 is 17.2 Å². The van der Waals surface area contributed by atoms with E-state index in [1.807, 2.05) is 6.92 Å². The second-order valence-electron chi connectivity index (χ2n) is 4.14. The van der Waals surface area contributed by atoms with Gasteiger partial charge in [0.2, 0.25) is 0 Å². The molecule has 0 aromatic carbocycles. The van der Waals surface area contributed by atoms with Gasteiger partial charge in [-0.25, -0.2) is 4.98 Å². The number of carbonyl (C=O) groups excluding carboxylic acids is 1. The number of methoxy groups -OCH3 is 2. The highest BCUT2D eigenvalue weighted by Gasteiger charge is 2.19. The van der Waals surface area contributed by atoms with E-state index in [0.717, 1.165) is 5.01 Å². The van der Waals surface area contributed by atoms with E-state index in [4.69, 9.17) is 15.2 Å². The van der Waals surface area contributed by atoms with Crippen molar-refractivity contribution < 1.29 is 14.3 Å². The molecule has 1 unspecified atom stereocenters. The summed E-state index contributed by atoms with van der Waals surface area (Å²) in [6.45, 7) is 3.85. The van der Waals surface area contributed by atoms with Gasteiger partial charge >= 0.3 is 0 Å². The Morgan fingerprint density at radius 1 is 1.42 bits per heavy atom. The van der Waals surface area contributed by atoms with Crippen molar-refractivity contribution in [3.8, 4) is 0 Å². The van der Waals surface area contributed by atoms with E-state index in [0.29, 0.717) is 32.0 Å². The van der Waals surface area contributed by atoms with Gasteiger partial charge < -0.3 is 20.1 Å². The van der Waals surface area contributed by atoms with Crippen molar-refractivity contribution in [3.63, 3.8) is 0 Å². The smallest absolute Gasteiger partial charge is 0.273 e. The third-order valence-electron chi connectivity index (χ3n) is 2.55. The number of carbonyl (C=O) groups is 1. The van der Waals surface area contributed by atoms with Gasteiger partial charge in [0.25, 0.3) is 5.91 Å². The molecule has 1 aromatic heterocycles. The average molecular weight is 287 g/mol. The number of amides is 1. The van der Waals surface area contributed by atoms with Gasteiger partial charge in [0, 0.05) is 32.7 Å². The summed E-state index contributed by atoms with van der Waals surface area (Å²) in [5.41, 5.74) is 6.18. The fourth-order valence-corrected chi connectivity index (χ4v) is 2.23.